The number of fused-ring (bicyclic) bond motifs is 3. The zero-order chi connectivity index (χ0) is 29.8. The molecule has 12 heteroatoms. The van der Waals surface area contributed by atoms with E-state index in [1.165, 1.54) is 13.0 Å². The molecule has 0 spiro atoms. The largest absolute Gasteiger partial charge is 0.508 e. The van der Waals surface area contributed by atoms with Crippen LogP contribution in [0.1, 0.15) is 35.7 Å². The first kappa shape index (κ1) is 28.0. The molecule has 5 atom stereocenters. The number of benzene rings is 2. The number of anilines is 1. The van der Waals surface area contributed by atoms with E-state index >= 15 is 0 Å². The van der Waals surface area contributed by atoms with E-state index < -0.39 is 71.2 Å². The number of aromatic hydroxyl groups is 1. The number of nitrogens with two attached hydrogens (primary N) is 1. The van der Waals surface area contributed by atoms with Crippen LogP contribution in [0.2, 0.25) is 0 Å². The Morgan fingerprint density at radius 3 is 2.39 bits per heavy atom. The van der Waals surface area contributed by atoms with Gasteiger partial charge in [0.2, 0.25) is 5.91 Å². The number of aliphatic hydroxyl groups is 3. The first-order valence-corrected chi connectivity index (χ1v) is 12.9. The van der Waals surface area contributed by atoms with Crippen LogP contribution in [-0.2, 0) is 30.3 Å². The van der Waals surface area contributed by atoms with Gasteiger partial charge in [-0.05, 0) is 60.1 Å². The molecule has 0 saturated heterocycles. The van der Waals surface area contributed by atoms with Crippen LogP contribution in [0.15, 0.2) is 47.7 Å². The van der Waals surface area contributed by atoms with Crippen LogP contribution >= 0.6 is 0 Å². The van der Waals surface area contributed by atoms with Gasteiger partial charge in [0, 0.05) is 24.1 Å². The molecule has 2 aromatic carbocycles. The van der Waals surface area contributed by atoms with E-state index in [0.717, 1.165) is 0 Å². The van der Waals surface area contributed by atoms with Crippen LogP contribution < -0.4 is 11.1 Å². The second kappa shape index (κ2) is 10.1. The molecule has 0 aromatic heterocycles. The van der Waals surface area contributed by atoms with E-state index in [-0.39, 0.29) is 36.1 Å². The van der Waals surface area contributed by atoms with Crippen molar-refractivity contribution in [3.63, 3.8) is 0 Å². The van der Waals surface area contributed by atoms with E-state index in [0.29, 0.717) is 22.4 Å². The van der Waals surface area contributed by atoms with Gasteiger partial charge in [0.25, 0.3) is 5.91 Å². The van der Waals surface area contributed by atoms with Gasteiger partial charge in [0.15, 0.2) is 23.8 Å². The van der Waals surface area contributed by atoms with Crippen LogP contribution in [0.5, 0.6) is 5.75 Å². The van der Waals surface area contributed by atoms with E-state index in [2.05, 4.69) is 10.1 Å². The summed E-state index contributed by atoms with van der Waals surface area (Å²) in [6.07, 6.45) is -1.42. The van der Waals surface area contributed by atoms with Crippen molar-refractivity contribution in [1.82, 2.24) is 0 Å². The molecule has 3 aliphatic carbocycles. The molecule has 5 rings (SSSR count). The molecule has 2 amide bonds. The van der Waals surface area contributed by atoms with E-state index in [4.69, 9.17) is 5.73 Å². The number of ketones is 2. The van der Waals surface area contributed by atoms with Crippen LogP contribution in [0, 0.1) is 17.8 Å². The number of hydrogen-bond donors (Lipinski definition) is 6. The Morgan fingerprint density at radius 2 is 1.76 bits per heavy atom. The Hall–Kier alpha value is -4.55. The van der Waals surface area contributed by atoms with Gasteiger partial charge in [-0.15, -0.1) is 0 Å². The summed E-state index contributed by atoms with van der Waals surface area (Å²) in [5, 5.41) is 46.3. The maximum atomic E-state index is 13.7. The molecule has 7 N–H and O–H groups in total. The average molecular weight is 565 g/mol. The Labute approximate surface area is 233 Å². The number of phenols is 1. The second-order valence-electron chi connectivity index (χ2n) is 10.6. The number of ether oxygens (including phenoxy) is 1. The summed E-state index contributed by atoms with van der Waals surface area (Å²) < 4.78 is 4.67. The van der Waals surface area contributed by atoms with Crippen LogP contribution in [0.4, 0.5) is 5.69 Å². The van der Waals surface area contributed by atoms with Crippen LogP contribution in [0.3, 0.4) is 0 Å². The lowest BCUT2D eigenvalue weighted by Crippen LogP contribution is -2.63. The molecular formula is C29H28N2O10. The highest BCUT2D eigenvalue weighted by Gasteiger charge is 2.62. The van der Waals surface area contributed by atoms with E-state index in [1.54, 1.807) is 30.3 Å². The fourth-order valence-corrected chi connectivity index (χ4v) is 6.29. The van der Waals surface area contributed by atoms with Gasteiger partial charge in [0.1, 0.15) is 17.4 Å². The molecule has 2 aromatic rings. The van der Waals surface area contributed by atoms with Gasteiger partial charge >= 0.3 is 5.97 Å². The number of carbonyl (C=O) groups is 5. The highest BCUT2D eigenvalue weighted by molar-refractivity contribution is 6.16. The number of rotatable bonds is 5. The molecule has 0 heterocycles. The quantitative estimate of drug-likeness (QED) is 0.223. The summed E-state index contributed by atoms with van der Waals surface area (Å²) in [7, 11) is 0. The van der Waals surface area contributed by atoms with Gasteiger partial charge < -0.3 is 36.2 Å². The number of primary amides is 1. The summed E-state index contributed by atoms with van der Waals surface area (Å²) >= 11 is 0. The lowest BCUT2D eigenvalue weighted by molar-refractivity contribution is -0.167. The van der Waals surface area contributed by atoms with Gasteiger partial charge in [-0.25, -0.2) is 0 Å². The van der Waals surface area contributed by atoms with Crippen molar-refractivity contribution in [2.24, 2.45) is 23.5 Å². The number of Topliss-reactive ketones (excluding diaryl/α,β-unsaturated/α-hetero) is 2. The molecule has 41 heavy (non-hydrogen) atoms. The molecule has 214 valence electrons. The smallest absolute Gasteiger partial charge is 0.303 e. The second-order valence-corrected chi connectivity index (χ2v) is 10.6. The molecule has 0 radical (unpaired) electrons. The third kappa shape index (κ3) is 4.54. The number of hydrogen-bond acceptors (Lipinski definition) is 10. The summed E-state index contributed by atoms with van der Waals surface area (Å²) in [4.78, 5) is 61.6. The third-order valence-corrected chi connectivity index (χ3v) is 8.16. The van der Waals surface area contributed by atoms with Crippen molar-refractivity contribution in [2.75, 3.05) is 11.9 Å². The fourth-order valence-electron chi connectivity index (χ4n) is 6.29. The number of amides is 2. The topological polar surface area (TPSA) is 214 Å². The number of esters is 1. The maximum Gasteiger partial charge on any atom is 0.303 e. The predicted octanol–water partition coefficient (Wildman–Crippen LogP) is 0.914. The van der Waals surface area contributed by atoms with Crippen molar-refractivity contribution in [1.29, 1.82) is 0 Å². The van der Waals surface area contributed by atoms with Gasteiger partial charge in [0.05, 0.1) is 11.7 Å². The predicted molar refractivity (Wildman–Crippen MR) is 141 cm³/mol. The zero-order valence-electron chi connectivity index (χ0n) is 21.9. The minimum atomic E-state index is -2.57. The van der Waals surface area contributed by atoms with Gasteiger partial charge in [-0.3, -0.25) is 24.0 Å². The number of aliphatic hydroxyl groups excluding tert-OH is 2. The molecule has 12 nitrogen and oxygen atoms in total. The van der Waals surface area contributed by atoms with Crippen LogP contribution in [0.25, 0.3) is 11.1 Å². The molecule has 0 bridgehead atoms. The first-order valence-electron chi connectivity index (χ1n) is 12.9. The van der Waals surface area contributed by atoms with Crippen molar-refractivity contribution in [3.05, 3.63) is 58.9 Å². The lowest BCUT2D eigenvalue weighted by atomic mass is 9.57. The third-order valence-electron chi connectivity index (χ3n) is 8.16. The number of phenolic OH excluding ortho intramolecular Hbond substituents is 1. The Kier molecular flexibility index (Phi) is 6.92. The molecule has 0 aliphatic heterocycles. The molecule has 1 fully saturated rings. The summed E-state index contributed by atoms with van der Waals surface area (Å²) in [5.74, 6) is -8.76. The molecule has 1 saturated carbocycles. The molecule has 2 unspecified atom stereocenters. The highest BCUT2D eigenvalue weighted by Crippen LogP contribution is 2.52. The standard InChI is InChI=1S/C29H28N2O10/c1-12(32)41-11-21(35)31-16-4-2-13(3-5-16)17-6-7-19(33)23-18(17)9-14-8-15-10-20(34)24(28(30)39)27(38)29(15,40)26(37)22(14)25(23)36/h2-7,14-15,20,24,33-34,37,40H,8-11H2,1H3,(H2,30,39)(H,31,35)/t14-,15+,20?,24?,29+/m1/s1. The minimum absolute atomic E-state index is 0.0533. The summed E-state index contributed by atoms with van der Waals surface area (Å²) in [5.41, 5.74) is 4.60. The number of carbonyl (C=O) groups excluding carboxylic acids is 5. The first-order chi connectivity index (χ1) is 19.3. The Balaban J connectivity index is 1.51. The monoisotopic (exact) mass is 564 g/mol. The van der Waals surface area contributed by atoms with E-state index in [1.807, 2.05) is 0 Å². The van der Waals surface area contributed by atoms with Crippen molar-refractivity contribution in [2.45, 2.75) is 37.9 Å². The zero-order valence-corrected chi connectivity index (χ0v) is 21.9. The lowest BCUT2D eigenvalue weighted by Gasteiger charge is -2.48. The summed E-state index contributed by atoms with van der Waals surface area (Å²) in [6, 6.07) is 9.58. The van der Waals surface area contributed by atoms with Gasteiger partial charge in [-0.1, -0.05) is 18.2 Å². The molecule has 3 aliphatic rings. The van der Waals surface area contributed by atoms with E-state index in [9.17, 15) is 44.4 Å². The fraction of sp³-hybridized carbons (Fsp3) is 0.345. The normalized spacial score (nSPS) is 26.9. The molecular weight excluding hydrogens is 536 g/mol. The summed E-state index contributed by atoms with van der Waals surface area (Å²) in [6.45, 7) is 0.757. The maximum absolute atomic E-state index is 13.7. The Morgan fingerprint density at radius 1 is 1.07 bits per heavy atom. The average Bonchev–Trinajstić information content (AvgIpc) is 2.90. The Bertz CT molecular complexity index is 1530. The van der Waals surface area contributed by atoms with Gasteiger partial charge in [-0.2, -0.15) is 0 Å². The van der Waals surface area contributed by atoms with Crippen molar-refractivity contribution in [3.8, 4) is 16.9 Å². The van der Waals surface area contributed by atoms with Crippen molar-refractivity contribution < 1.29 is 49.1 Å². The number of allylic oxidation sites excluding steroid dienone is 1. The minimum Gasteiger partial charge on any atom is -0.508 e. The number of nitrogens with one attached hydrogen (secondary N) is 1. The highest BCUT2D eigenvalue weighted by atomic mass is 16.5. The van der Waals surface area contributed by atoms with Crippen LogP contribution in [-0.4, -0.2) is 68.1 Å². The SMILES string of the molecule is CC(=O)OCC(=O)Nc1ccc(-c2ccc(O)c3c2C[C@H]2C[C@H]4CC(O)C(C(N)=O)C(=O)[C@@]4(O)C(O)=C2C3=O)cc1. The van der Waals surface area contributed by atoms with Crippen molar-refractivity contribution >= 4 is 35.0 Å².